The highest BCUT2D eigenvalue weighted by Gasteiger charge is 2.47. The van der Waals surface area contributed by atoms with E-state index in [9.17, 15) is 14.4 Å². The van der Waals surface area contributed by atoms with Crippen molar-refractivity contribution in [3.63, 3.8) is 0 Å². The molecule has 8 heteroatoms. The van der Waals surface area contributed by atoms with Crippen molar-refractivity contribution in [2.75, 3.05) is 10.6 Å². The maximum absolute atomic E-state index is 13.1. The molecule has 0 spiro atoms. The number of hydrogen-bond donors (Lipinski definition) is 3. The van der Waals surface area contributed by atoms with Crippen molar-refractivity contribution in [1.82, 2.24) is 5.01 Å². The quantitative estimate of drug-likeness (QED) is 0.441. The maximum atomic E-state index is 13.1. The van der Waals surface area contributed by atoms with E-state index in [1.165, 1.54) is 0 Å². The van der Waals surface area contributed by atoms with Gasteiger partial charge in [0.05, 0.1) is 17.5 Å². The Hall–Kier alpha value is -3.52. The average Bonchev–Trinajstić information content (AvgIpc) is 3.18. The fraction of sp³-hybridized carbons (Fsp3) is 0.429. The van der Waals surface area contributed by atoms with Crippen LogP contribution in [0.4, 0.5) is 11.4 Å². The van der Waals surface area contributed by atoms with Crippen molar-refractivity contribution in [3.05, 3.63) is 58.7 Å². The normalized spacial score (nSPS) is 17.1. The van der Waals surface area contributed by atoms with Gasteiger partial charge in [0.25, 0.3) is 0 Å². The van der Waals surface area contributed by atoms with Crippen LogP contribution in [0, 0.1) is 0 Å². The zero-order valence-corrected chi connectivity index (χ0v) is 21.2. The van der Waals surface area contributed by atoms with E-state index >= 15 is 0 Å². The Balaban J connectivity index is 1.98. The van der Waals surface area contributed by atoms with Crippen LogP contribution in [-0.2, 0) is 32.6 Å². The molecular formula is C28H35N5O3. The van der Waals surface area contributed by atoms with Crippen molar-refractivity contribution >= 4 is 35.8 Å². The third-order valence-electron chi connectivity index (χ3n) is 7.24. The molecule has 0 fully saturated rings. The molecule has 4 N–H and O–H groups in total. The van der Waals surface area contributed by atoms with Gasteiger partial charge >= 0.3 is 0 Å². The van der Waals surface area contributed by atoms with Gasteiger partial charge in [0.15, 0.2) is 0 Å². The van der Waals surface area contributed by atoms with Gasteiger partial charge in [0.1, 0.15) is 0 Å². The van der Waals surface area contributed by atoms with Crippen LogP contribution in [0.15, 0.2) is 41.5 Å². The number of aryl methyl sites for hydroxylation is 2. The largest absolute Gasteiger partial charge is 0.329 e. The summed E-state index contributed by atoms with van der Waals surface area (Å²) in [4.78, 5) is 35.4. The molecule has 1 atom stereocenters. The highest BCUT2D eigenvalue weighted by atomic mass is 16.2. The van der Waals surface area contributed by atoms with Crippen LogP contribution < -0.4 is 16.4 Å². The van der Waals surface area contributed by atoms with Gasteiger partial charge in [0, 0.05) is 23.5 Å². The van der Waals surface area contributed by atoms with E-state index in [0.29, 0.717) is 12.8 Å². The second-order valence-electron chi connectivity index (χ2n) is 10.1. The third-order valence-corrected chi connectivity index (χ3v) is 7.24. The number of anilines is 2. The van der Waals surface area contributed by atoms with E-state index < -0.39 is 5.41 Å². The Morgan fingerprint density at radius 3 is 2.00 bits per heavy atom. The number of hydrogen-bond acceptors (Lipinski definition) is 5. The summed E-state index contributed by atoms with van der Waals surface area (Å²) < 4.78 is 0. The molecule has 0 aromatic heterocycles. The smallest absolute Gasteiger partial charge is 0.248 e. The molecular weight excluding hydrogens is 454 g/mol. The van der Waals surface area contributed by atoms with Crippen molar-refractivity contribution in [1.29, 1.82) is 0 Å². The molecule has 0 saturated carbocycles. The molecule has 4 rings (SSSR count). The minimum Gasteiger partial charge on any atom is -0.329 e. The van der Waals surface area contributed by atoms with E-state index in [1.807, 2.05) is 45.0 Å². The van der Waals surface area contributed by atoms with Crippen molar-refractivity contribution in [2.45, 2.75) is 76.8 Å². The predicted octanol–water partition coefficient (Wildman–Crippen LogP) is 3.72. The van der Waals surface area contributed by atoms with Crippen molar-refractivity contribution < 1.29 is 14.4 Å². The molecule has 0 radical (unpaired) electrons. The minimum absolute atomic E-state index is 0.00241. The van der Waals surface area contributed by atoms with Crippen molar-refractivity contribution in [3.8, 4) is 0 Å². The Morgan fingerprint density at radius 1 is 1.00 bits per heavy atom. The summed E-state index contributed by atoms with van der Waals surface area (Å²) in [7, 11) is 0. The fourth-order valence-corrected chi connectivity index (χ4v) is 5.66. The summed E-state index contributed by atoms with van der Waals surface area (Å²) in [5.41, 5.74) is 12.2. The van der Waals surface area contributed by atoms with Gasteiger partial charge in [0.2, 0.25) is 18.7 Å². The summed E-state index contributed by atoms with van der Waals surface area (Å²) in [6.07, 6.45) is 5.56. The molecule has 1 heterocycles. The van der Waals surface area contributed by atoms with Gasteiger partial charge in [-0.3, -0.25) is 14.4 Å². The van der Waals surface area contributed by atoms with Gasteiger partial charge < -0.3 is 16.4 Å². The molecule has 2 aromatic carbocycles. The number of nitrogens with zero attached hydrogens (tertiary/aromatic N) is 2. The Bertz CT molecular complexity index is 1130. The number of carbonyl (C=O) groups excluding carboxylic acids is 3. The van der Waals surface area contributed by atoms with Crippen LogP contribution in [0.25, 0.3) is 0 Å². The molecule has 2 aromatic rings. The lowest BCUT2D eigenvalue weighted by atomic mass is 9.65. The summed E-state index contributed by atoms with van der Waals surface area (Å²) in [6.45, 7) is 5.95. The number of fused-ring (bicyclic) bond motifs is 2. The number of carbonyl (C=O) groups is 3. The SMILES string of the molecule is CC(C)N1N=C(C2(CCC[C@@H](C)N)c3ccc(NC=O)cc3CCc3cc(NC=O)ccc32)CC1=O. The topological polar surface area (TPSA) is 117 Å². The number of nitrogens with one attached hydrogen (secondary N) is 2. The molecule has 0 bridgehead atoms. The van der Waals surface area contributed by atoms with Crippen LogP contribution in [0.1, 0.15) is 68.7 Å². The van der Waals surface area contributed by atoms with Gasteiger partial charge in [-0.05, 0) is 93.0 Å². The monoisotopic (exact) mass is 489 g/mol. The third kappa shape index (κ3) is 4.78. The highest BCUT2D eigenvalue weighted by Crippen LogP contribution is 2.47. The Kier molecular flexibility index (Phi) is 7.54. The van der Waals surface area contributed by atoms with Crippen LogP contribution in [0.2, 0.25) is 0 Å². The van der Waals surface area contributed by atoms with Crippen LogP contribution >= 0.6 is 0 Å². The standard InChI is InChI=1S/C28H35N5O3/c1-18(2)33-27(36)15-26(32-33)28(12-4-5-19(3)29)24-10-8-22(30-16-34)13-20(24)6-7-21-14-23(31-17-35)9-11-25(21)28/h8-11,13-14,16-19H,4-7,12,15,29H2,1-3H3,(H,30,34)(H,31,35)/t19-/m1/s1. The number of rotatable bonds is 10. The lowest BCUT2D eigenvalue weighted by molar-refractivity contribution is -0.130. The lowest BCUT2D eigenvalue weighted by Crippen LogP contribution is -2.38. The maximum Gasteiger partial charge on any atom is 0.248 e. The first-order valence-corrected chi connectivity index (χ1v) is 12.6. The first-order valence-electron chi connectivity index (χ1n) is 12.6. The first kappa shape index (κ1) is 25.6. The van der Waals surface area contributed by atoms with E-state index in [1.54, 1.807) is 5.01 Å². The van der Waals surface area contributed by atoms with Gasteiger partial charge in [-0.25, -0.2) is 5.01 Å². The van der Waals surface area contributed by atoms with Gasteiger partial charge in [-0.1, -0.05) is 18.6 Å². The minimum atomic E-state index is -0.630. The molecule has 36 heavy (non-hydrogen) atoms. The number of benzene rings is 2. The Labute approximate surface area is 212 Å². The van der Waals surface area contributed by atoms with Crippen molar-refractivity contribution in [2.24, 2.45) is 10.8 Å². The number of hydrazone groups is 1. The average molecular weight is 490 g/mol. The molecule has 0 saturated heterocycles. The molecule has 0 unspecified atom stereocenters. The molecule has 1 aliphatic heterocycles. The van der Waals surface area contributed by atoms with E-state index in [2.05, 4.69) is 22.8 Å². The second kappa shape index (κ2) is 10.6. The van der Waals surface area contributed by atoms with Gasteiger partial charge in [-0.15, -0.1) is 0 Å². The summed E-state index contributed by atoms with van der Waals surface area (Å²) >= 11 is 0. The van der Waals surface area contributed by atoms with Crippen LogP contribution in [0.3, 0.4) is 0 Å². The zero-order chi connectivity index (χ0) is 25.9. The second-order valence-corrected chi connectivity index (χ2v) is 10.1. The fourth-order valence-electron chi connectivity index (χ4n) is 5.66. The predicted molar refractivity (Wildman–Crippen MR) is 142 cm³/mol. The van der Waals surface area contributed by atoms with Crippen LogP contribution in [0.5, 0.6) is 0 Å². The lowest BCUT2D eigenvalue weighted by Gasteiger charge is -2.37. The molecule has 3 amide bonds. The Morgan fingerprint density at radius 2 is 1.56 bits per heavy atom. The number of amides is 3. The molecule has 190 valence electrons. The summed E-state index contributed by atoms with van der Waals surface area (Å²) in [5, 5.41) is 12.1. The molecule has 2 aliphatic rings. The number of nitrogens with two attached hydrogens (primary N) is 1. The molecule has 8 nitrogen and oxygen atoms in total. The van der Waals surface area contributed by atoms with E-state index in [4.69, 9.17) is 10.8 Å². The zero-order valence-electron chi connectivity index (χ0n) is 21.2. The highest BCUT2D eigenvalue weighted by molar-refractivity contribution is 6.12. The van der Waals surface area contributed by atoms with Crippen LogP contribution in [-0.4, -0.2) is 41.5 Å². The first-order chi connectivity index (χ1) is 17.3. The molecule has 1 aliphatic carbocycles. The summed E-state index contributed by atoms with van der Waals surface area (Å²) in [5.74, 6) is -0.00241. The van der Waals surface area contributed by atoms with E-state index in [0.717, 1.165) is 71.4 Å². The van der Waals surface area contributed by atoms with Gasteiger partial charge in [-0.2, -0.15) is 5.10 Å². The van der Waals surface area contributed by atoms with E-state index in [-0.39, 0.29) is 24.4 Å². The summed E-state index contributed by atoms with van der Waals surface area (Å²) in [6, 6.07) is 12.0.